The van der Waals surface area contributed by atoms with Gasteiger partial charge in [0.1, 0.15) is 0 Å². The standard InChI is InChI=1S/C57H107NO3/c1-3-5-7-9-11-13-15-17-18-19-20-21-22-23-24-25-26-27-28-29-30-31-32-33-34-35-36-37-38-39-40-41-43-45-47-49-51-53-57(61)58-55(54-59)56(60)52-50-48-46-44-42-16-14-12-10-8-6-4-2/h5,7,11,13,17-18,20-21,55-56,59-60H,3-4,6,8-10,12,14-16,19,22-54H2,1-2H3,(H,58,61)/b7-5-,13-11-,18-17-,21-20-. The van der Waals surface area contributed by atoms with Gasteiger partial charge < -0.3 is 15.5 Å². The van der Waals surface area contributed by atoms with Gasteiger partial charge >= 0.3 is 0 Å². The summed E-state index contributed by atoms with van der Waals surface area (Å²) in [5.74, 6) is -0.0278. The molecule has 3 N–H and O–H groups in total. The van der Waals surface area contributed by atoms with Crippen LogP contribution in [0.2, 0.25) is 0 Å². The van der Waals surface area contributed by atoms with Crippen molar-refractivity contribution in [2.75, 3.05) is 6.61 Å². The first-order valence-corrected chi connectivity index (χ1v) is 27.3. The summed E-state index contributed by atoms with van der Waals surface area (Å²) < 4.78 is 0. The first-order valence-electron chi connectivity index (χ1n) is 27.3. The molecule has 0 aromatic rings. The highest BCUT2D eigenvalue weighted by atomic mass is 16.3. The second-order valence-corrected chi connectivity index (χ2v) is 18.6. The SMILES string of the molecule is CC/C=C\C/C=C\C/C=C\C/C=C\CCCCCCCCCCCCCCCCCCCCCCCCCCC(=O)NC(CO)C(O)CCCCCCCCCCCCCC. The Hall–Kier alpha value is -1.65. The molecule has 0 fully saturated rings. The predicted molar refractivity (Wildman–Crippen MR) is 271 cm³/mol. The fraction of sp³-hybridized carbons (Fsp3) is 0.842. The molecule has 4 nitrogen and oxygen atoms in total. The van der Waals surface area contributed by atoms with Gasteiger partial charge in [-0.2, -0.15) is 0 Å². The average molecular weight is 854 g/mol. The first-order chi connectivity index (χ1) is 30.2. The Morgan fingerprint density at radius 2 is 0.721 bits per heavy atom. The summed E-state index contributed by atoms with van der Waals surface area (Å²) in [6.45, 7) is 4.25. The molecule has 358 valence electrons. The van der Waals surface area contributed by atoms with Gasteiger partial charge in [-0.1, -0.05) is 281 Å². The molecule has 0 heterocycles. The Morgan fingerprint density at radius 1 is 0.410 bits per heavy atom. The van der Waals surface area contributed by atoms with Crippen LogP contribution in [0.5, 0.6) is 0 Å². The van der Waals surface area contributed by atoms with E-state index in [9.17, 15) is 15.0 Å². The van der Waals surface area contributed by atoms with Crippen LogP contribution in [0.1, 0.15) is 290 Å². The molecular formula is C57H107NO3. The second-order valence-electron chi connectivity index (χ2n) is 18.6. The van der Waals surface area contributed by atoms with Gasteiger partial charge in [0.2, 0.25) is 5.91 Å². The molecule has 0 radical (unpaired) electrons. The highest BCUT2D eigenvalue weighted by Crippen LogP contribution is 2.17. The summed E-state index contributed by atoms with van der Waals surface area (Å²) in [6.07, 6.45) is 72.5. The Labute approximate surface area is 382 Å². The van der Waals surface area contributed by atoms with Crippen LogP contribution in [-0.2, 0) is 4.79 Å². The number of aliphatic hydroxyl groups is 2. The van der Waals surface area contributed by atoms with Gasteiger partial charge in [-0.25, -0.2) is 0 Å². The number of hydrogen-bond donors (Lipinski definition) is 3. The van der Waals surface area contributed by atoms with Crippen molar-refractivity contribution in [3.8, 4) is 0 Å². The van der Waals surface area contributed by atoms with Crippen LogP contribution in [0.25, 0.3) is 0 Å². The lowest BCUT2D eigenvalue weighted by Gasteiger charge is -2.22. The Balaban J connectivity index is 3.37. The quantitative estimate of drug-likeness (QED) is 0.0422. The molecule has 0 aliphatic heterocycles. The van der Waals surface area contributed by atoms with Crippen LogP contribution in [0.15, 0.2) is 48.6 Å². The molecule has 2 atom stereocenters. The summed E-state index contributed by atoms with van der Waals surface area (Å²) in [5, 5.41) is 23.2. The molecule has 1 amide bonds. The van der Waals surface area contributed by atoms with E-state index in [0.29, 0.717) is 12.8 Å². The van der Waals surface area contributed by atoms with Gasteiger partial charge in [0, 0.05) is 6.42 Å². The van der Waals surface area contributed by atoms with E-state index in [0.717, 1.165) is 51.4 Å². The summed E-state index contributed by atoms with van der Waals surface area (Å²) in [4.78, 5) is 12.4. The fourth-order valence-electron chi connectivity index (χ4n) is 8.47. The lowest BCUT2D eigenvalue weighted by atomic mass is 10.0. The van der Waals surface area contributed by atoms with Gasteiger partial charge in [0.05, 0.1) is 18.8 Å². The Kier molecular flexibility index (Phi) is 51.3. The van der Waals surface area contributed by atoms with Crippen LogP contribution in [-0.4, -0.2) is 34.9 Å². The maximum Gasteiger partial charge on any atom is 0.220 e. The molecule has 61 heavy (non-hydrogen) atoms. The van der Waals surface area contributed by atoms with E-state index in [4.69, 9.17) is 0 Å². The van der Waals surface area contributed by atoms with E-state index >= 15 is 0 Å². The monoisotopic (exact) mass is 854 g/mol. The van der Waals surface area contributed by atoms with Gasteiger partial charge in [-0.15, -0.1) is 0 Å². The van der Waals surface area contributed by atoms with Gasteiger partial charge in [0.15, 0.2) is 0 Å². The van der Waals surface area contributed by atoms with Crippen LogP contribution >= 0.6 is 0 Å². The molecule has 0 aromatic heterocycles. The highest BCUT2D eigenvalue weighted by Gasteiger charge is 2.20. The summed E-state index contributed by atoms with van der Waals surface area (Å²) in [6, 6.07) is -0.533. The molecule has 0 saturated heterocycles. The molecule has 0 bridgehead atoms. The number of hydrogen-bond acceptors (Lipinski definition) is 3. The van der Waals surface area contributed by atoms with Gasteiger partial charge in [-0.05, 0) is 51.4 Å². The molecule has 0 aliphatic rings. The molecule has 0 aliphatic carbocycles. The van der Waals surface area contributed by atoms with Gasteiger partial charge in [-0.3, -0.25) is 4.79 Å². The third kappa shape index (κ3) is 49.2. The van der Waals surface area contributed by atoms with E-state index in [2.05, 4.69) is 67.8 Å². The van der Waals surface area contributed by atoms with E-state index in [-0.39, 0.29) is 12.5 Å². The number of amides is 1. The highest BCUT2D eigenvalue weighted by molar-refractivity contribution is 5.76. The average Bonchev–Trinajstić information content (AvgIpc) is 3.26. The predicted octanol–water partition coefficient (Wildman–Crippen LogP) is 17.9. The van der Waals surface area contributed by atoms with Crippen LogP contribution in [0, 0.1) is 0 Å². The number of carbonyl (C=O) groups is 1. The smallest absolute Gasteiger partial charge is 0.220 e. The van der Waals surface area contributed by atoms with Crippen molar-refractivity contribution >= 4 is 5.91 Å². The van der Waals surface area contributed by atoms with E-state index in [1.807, 2.05) is 0 Å². The number of allylic oxidation sites excluding steroid dienone is 8. The lowest BCUT2D eigenvalue weighted by Crippen LogP contribution is -2.45. The molecule has 0 saturated carbocycles. The zero-order chi connectivity index (χ0) is 44.2. The van der Waals surface area contributed by atoms with Gasteiger partial charge in [0.25, 0.3) is 0 Å². The Morgan fingerprint density at radius 3 is 1.08 bits per heavy atom. The van der Waals surface area contributed by atoms with E-state index in [1.54, 1.807) is 0 Å². The molecule has 4 heteroatoms. The van der Waals surface area contributed by atoms with Crippen molar-refractivity contribution in [2.45, 2.75) is 302 Å². The number of unbranched alkanes of at least 4 members (excludes halogenated alkanes) is 35. The number of carbonyl (C=O) groups excluding carboxylic acids is 1. The molecular weight excluding hydrogens is 747 g/mol. The number of rotatable bonds is 50. The normalized spacial score (nSPS) is 13.2. The van der Waals surface area contributed by atoms with Crippen molar-refractivity contribution in [1.82, 2.24) is 5.32 Å². The topological polar surface area (TPSA) is 69.6 Å². The van der Waals surface area contributed by atoms with Crippen molar-refractivity contribution in [2.24, 2.45) is 0 Å². The van der Waals surface area contributed by atoms with Crippen LogP contribution in [0.4, 0.5) is 0 Å². The summed E-state index contributed by atoms with van der Waals surface area (Å²) >= 11 is 0. The largest absolute Gasteiger partial charge is 0.394 e. The van der Waals surface area contributed by atoms with Crippen molar-refractivity contribution in [3.05, 3.63) is 48.6 Å². The minimum absolute atomic E-state index is 0.0278. The minimum Gasteiger partial charge on any atom is -0.394 e. The van der Waals surface area contributed by atoms with Crippen molar-refractivity contribution in [1.29, 1.82) is 0 Å². The third-order valence-corrected chi connectivity index (χ3v) is 12.6. The van der Waals surface area contributed by atoms with E-state index in [1.165, 1.54) is 212 Å². The third-order valence-electron chi connectivity index (χ3n) is 12.6. The molecule has 2 unspecified atom stereocenters. The maximum absolute atomic E-state index is 12.4. The van der Waals surface area contributed by atoms with Crippen molar-refractivity contribution < 1.29 is 15.0 Å². The Bertz CT molecular complexity index is 970. The zero-order valence-corrected chi connectivity index (χ0v) is 41.2. The fourth-order valence-corrected chi connectivity index (χ4v) is 8.47. The van der Waals surface area contributed by atoms with Crippen LogP contribution < -0.4 is 5.32 Å². The van der Waals surface area contributed by atoms with Crippen LogP contribution in [0.3, 0.4) is 0 Å². The van der Waals surface area contributed by atoms with Crippen molar-refractivity contribution in [3.63, 3.8) is 0 Å². The summed E-state index contributed by atoms with van der Waals surface area (Å²) in [7, 11) is 0. The van der Waals surface area contributed by atoms with E-state index < -0.39 is 12.1 Å². The number of aliphatic hydroxyl groups excluding tert-OH is 2. The zero-order valence-electron chi connectivity index (χ0n) is 41.2. The molecule has 0 aromatic carbocycles. The maximum atomic E-state index is 12.4. The number of nitrogens with one attached hydrogen (secondary N) is 1. The summed E-state index contributed by atoms with van der Waals surface area (Å²) in [5.41, 5.74) is 0. The first kappa shape index (κ1) is 59.4. The molecule has 0 rings (SSSR count). The lowest BCUT2D eigenvalue weighted by molar-refractivity contribution is -0.123. The second kappa shape index (κ2) is 52.7. The molecule has 0 spiro atoms. The minimum atomic E-state index is -0.656.